The molecule has 2 heterocycles. The van der Waals surface area contributed by atoms with Crippen LogP contribution in [-0.2, 0) is 0 Å². The third kappa shape index (κ3) is 5.11. The number of hydrazone groups is 1. The van der Waals surface area contributed by atoms with E-state index < -0.39 is 4.92 Å². The van der Waals surface area contributed by atoms with Crippen molar-refractivity contribution < 1.29 is 9.72 Å². The van der Waals surface area contributed by atoms with E-state index >= 15 is 0 Å². The maximum Gasteiger partial charge on any atom is 0.293 e. The van der Waals surface area contributed by atoms with Gasteiger partial charge in [0.25, 0.3) is 11.6 Å². The van der Waals surface area contributed by atoms with Gasteiger partial charge in [0.05, 0.1) is 16.7 Å². The SMILES string of the molecule is O=C(c1ccc(N2CCCC2)c([N+](=O)[O-])c1)N1N=C2/C(=C\c3ccc(Cl)cc3)CCC[C@@H]2[C@H]1c1ccc(Cl)cc1. The summed E-state index contributed by atoms with van der Waals surface area (Å²) in [5.41, 5.74) is 4.67. The van der Waals surface area contributed by atoms with Gasteiger partial charge in [0.15, 0.2) is 0 Å². The monoisotopic (exact) mass is 574 g/mol. The molecule has 0 aromatic heterocycles. The van der Waals surface area contributed by atoms with Crippen molar-refractivity contribution in [1.29, 1.82) is 0 Å². The van der Waals surface area contributed by atoms with Crippen LogP contribution in [-0.4, -0.2) is 34.6 Å². The van der Waals surface area contributed by atoms with Gasteiger partial charge in [-0.25, -0.2) is 5.01 Å². The number of rotatable bonds is 5. The normalized spacial score (nSPS) is 21.4. The first-order chi connectivity index (χ1) is 19.4. The van der Waals surface area contributed by atoms with Gasteiger partial charge in [0, 0.05) is 40.7 Å². The Kier molecular flexibility index (Phi) is 7.34. The second kappa shape index (κ2) is 11.1. The molecule has 3 aromatic rings. The Bertz CT molecular complexity index is 1510. The first kappa shape index (κ1) is 26.5. The summed E-state index contributed by atoms with van der Waals surface area (Å²) in [6.45, 7) is 1.55. The van der Waals surface area contributed by atoms with Gasteiger partial charge in [-0.3, -0.25) is 14.9 Å². The summed E-state index contributed by atoms with van der Waals surface area (Å²) in [5.74, 6) is -0.361. The van der Waals surface area contributed by atoms with Crippen LogP contribution in [0.1, 0.15) is 59.6 Å². The fourth-order valence-corrected chi connectivity index (χ4v) is 6.33. The zero-order chi connectivity index (χ0) is 27.8. The molecule has 0 bridgehead atoms. The van der Waals surface area contributed by atoms with Gasteiger partial charge in [-0.1, -0.05) is 47.5 Å². The van der Waals surface area contributed by atoms with Crippen LogP contribution in [0, 0.1) is 16.0 Å². The Balaban J connectivity index is 1.41. The second-order valence-electron chi connectivity index (χ2n) is 10.5. The lowest BCUT2D eigenvalue weighted by Gasteiger charge is -2.29. The van der Waals surface area contributed by atoms with E-state index in [-0.39, 0.29) is 29.1 Å². The van der Waals surface area contributed by atoms with Crippen molar-refractivity contribution in [1.82, 2.24) is 5.01 Å². The molecule has 1 amide bonds. The lowest BCUT2D eigenvalue weighted by molar-refractivity contribution is -0.384. The Labute approximate surface area is 242 Å². The molecule has 0 N–H and O–H groups in total. The van der Waals surface area contributed by atoms with E-state index in [0.29, 0.717) is 15.7 Å². The fourth-order valence-electron chi connectivity index (χ4n) is 6.08. The highest BCUT2D eigenvalue weighted by atomic mass is 35.5. The average Bonchev–Trinajstić information content (AvgIpc) is 3.63. The molecule has 2 aliphatic heterocycles. The van der Waals surface area contributed by atoms with E-state index in [1.165, 1.54) is 11.1 Å². The highest BCUT2D eigenvalue weighted by molar-refractivity contribution is 6.30. The van der Waals surface area contributed by atoms with Crippen LogP contribution < -0.4 is 4.90 Å². The molecule has 1 aliphatic carbocycles. The third-order valence-corrected chi connectivity index (χ3v) is 8.50. The van der Waals surface area contributed by atoms with Crippen molar-refractivity contribution in [2.24, 2.45) is 11.0 Å². The van der Waals surface area contributed by atoms with Crippen molar-refractivity contribution in [3.8, 4) is 0 Å². The summed E-state index contributed by atoms with van der Waals surface area (Å²) in [6.07, 6.45) is 6.80. The van der Waals surface area contributed by atoms with Crippen LogP contribution in [0.15, 0.2) is 77.4 Å². The lowest BCUT2D eigenvalue weighted by Crippen LogP contribution is -2.32. The molecular weight excluding hydrogens is 547 g/mol. The number of nitro benzene ring substituents is 1. The van der Waals surface area contributed by atoms with Gasteiger partial charge in [-0.15, -0.1) is 0 Å². The fraction of sp³-hybridized carbons (Fsp3) is 0.290. The maximum atomic E-state index is 14.1. The zero-order valence-corrected chi connectivity index (χ0v) is 23.3. The van der Waals surface area contributed by atoms with Crippen LogP contribution in [0.3, 0.4) is 0 Å². The van der Waals surface area contributed by atoms with Crippen LogP contribution in [0.4, 0.5) is 11.4 Å². The summed E-state index contributed by atoms with van der Waals surface area (Å²) in [6, 6.07) is 19.6. The molecule has 7 nitrogen and oxygen atoms in total. The van der Waals surface area contributed by atoms with E-state index in [2.05, 4.69) is 6.08 Å². The van der Waals surface area contributed by atoms with Gasteiger partial charge < -0.3 is 4.90 Å². The molecule has 1 saturated carbocycles. The molecule has 2 atom stereocenters. The van der Waals surface area contributed by atoms with Gasteiger partial charge in [0.2, 0.25) is 0 Å². The molecule has 3 aromatic carbocycles. The van der Waals surface area contributed by atoms with Crippen LogP contribution in [0.2, 0.25) is 10.0 Å². The number of hydrogen-bond acceptors (Lipinski definition) is 5. The van der Waals surface area contributed by atoms with E-state index in [1.54, 1.807) is 12.1 Å². The molecule has 9 heteroatoms. The summed E-state index contributed by atoms with van der Waals surface area (Å²) in [5, 5.41) is 19.8. The molecule has 2 fully saturated rings. The Morgan fingerprint density at radius 2 is 1.62 bits per heavy atom. The Hall–Kier alpha value is -3.68. The first-order valence-corrected chi connectivity index (χ1v) is 14.3. The Morgan fingerprint density at radius 3 is 2.30 bits per heavy atom. The summed E-state index contributed by atoms with van der Waals surface area (Å²) in [4.78, 5) is 27.7. The summed E-state index contributed by atoms with van der Waals surface area (Å²) < 4.78 is 0. The zero-order valence-electron chi connectivity index (χ0n) is 21.8. The minimum atomic E-state index is -0.399. The predicted octanol–water partition coefficient (Wildman–Crippen LogP) is 7.94. The minimum absolute atomic E-state index is 0.00344. The molecule has 0 unspecified atom stereocenters. The standard InChI is InChI=1S/C31H28Cl2N4O3/c32-24-11-6-20(7-12-24)18-22-4-3-5-26-29(22)34-36(30(26)21-8-13-25(33)14-9-21)31(38)23-10-15-27(28(19-23)37(39)40)35-16-1-2-17-35/h6-15,18-19,26,30H,1-5,16-17H2/b22-18-/t26-,30+/m0/s1. The molecule has 40 heavy (non-hydrogen) atoms. The molecule has 204 valence electrons. The number of benzene rings is 3. The number of carbonyl (C=O) groups excluding carboxylic acids is 1. The predicted molar refractivity (Wildman–Crippen MR) is 159 cm³/mol. The van der Waals surface area contributed by atoms with Crippen molar-refractivity contribution in [3.63, 3.8) is 0 Å². The van der Waals surface area contributed by atoms with Crippen LogP contribution >= 0.6 is 23.2 Å². The largest absolute Gasteiger partial charge is 0.366 e. The van der Waals surface area contributed by atoms with Gasteiger partial charge >= 0.3 is 0 Å². The summed E-state index contributed by atoms with van der Waals surface area (Å²) >= 11 is 12.3. The van der Waals surface area contributed by atoms with Gasteiger partial charge in [0.1, 0.15) is 5.69 Å². The molecule has 0 radical (unpaired) electrons. The smallest absolute Gasteiger partial charge is 0.293 e. The minimum Gasteiger partial charge on any atom is -0.366 e. The number of nitro groups is 1. The van der Waals surface area contributed by atoms with E-state index in [1.807, 2.05) is 53.4 Å². The molecule has 0 spiro atoms. The highest BCUT2D eigenvalue weighted by Gasteiger charge is 2.44. The van der Waals surface area contributed by atoms with Crippen molar-refractivity contribution in [2.45, 2.75) is 38.1 Å². The number of fused-ring (bicyclic) bond motifs is 1. The number of allylic oxidation sites excluding steroid dienone is 1. The lowest BCUT2D eigenvalue weighted by atomic mass is 9.77. The quantitative estimate of drug-likeness (QED) is 0.229. The number of carbonyl (C=O) groups is 1. The topological polar surface area (TPSA) is 79.0 Å². The van der Waals surface area contributed by atoms with Crippen LogP contribution in [0.25, 0.3) is 6.08 Å². The van der Waals surface area contributed by atoms with Crippen molar-refractivity contribution in [3.05, 3.63) is 109 Å². The highest BCUT2D eigenvalue weighted by Crippen LogP contribution is 2.45. The molecular formula is C31H28Cl2N4O3. The van der Waals surface area contributed by atoms with E-state index in [9.17, 15) is 14.9 Å². The number of hydrogen-bond donors (Lipinski definition) is 0. The maximum absolute atomic E-state index is 14.1. The first-order valence-electron chi connectivity index (χ1n) is 13.6. The molecule has 6 rings (SSSR count). The van der Waals surface area contributed by atoms with Gasteiger partial charge in [-0.2, -0.15) is 5.10 Å². The number of nitrogens with zero attached hydrogens (tertiary/aromatic N) is 4. The number of anilines is 1. The third-order valence-electron chi connectivity index (χ3n) is 8.00. The molecule has 3 aliphatic rings. The Morgan fingerprint density at radius 1 is 0.950 bits per heavy atom. The second-order valence-corrected chi connectivity index (χ2v) is 11.4. The number of halogens is 2. The summed E-state index contributed by atoms with van der Waals surface area (Å²) in [7, 11) is 0. The van der Waals surface area contributed by atoms with Crippen LogP contribution in [0.5, 0.6) is 0 Å². The van der Waals surface area contributed by atoms with E-state index in [0.717, 1.165) is 67.6 Å². The van der Waals surface area contributed by atoms with E-state index in [4.69, 9.17) is 28.3 Å². The average molecular weight is 575 g/mol. The van der Waals surface area contributed by atoms with Crippen molar-refractivity contribution >= 4 is 52.3 Å². The van der Waals surface area contributed by atoms with Gasteiger partial charge in [-0.05, 0) is 91.3 Å². The number of amides is 1. The molecule has 1 saturated heterocycles. The van der Waals surface area contributed by atoms with Crippen molar-refractivity contribution in [2.75, 3.05) is 18.0 Å².